The molecule has 0 aromatic heterocycles. The molecule has 0 aliphatic heterocycles. The van der Waals surface area contributed by atoms with Gasteiger partial charge in [0.15, 0.2) is 0 Å². The number of nitro groups is 1. The van der Waals surface area contributed by atoms with Gasteiger partial charge in [-0.2, -0.15) is 0 Å². The van der Waals surface area contributed by atoms with Gasteiger partial charge in [-0.25, -0.2) is 4.79 Å². The van der Waals surface area contributed by atoms with Crippen LogP contribution in [-0.2, 0) is 0 Å². The van der Waals surface area contributed by atoms with E-state index in [-0.39, 0.29) is 16.9 Å². The van der Waals surface area contributed by atoms with Gasteiger partial charge >= 0.3 is 5.97 Å². The normalized spacial score (nSPS) is 10.2. The van der Waals surface area contributed by atoms with E-state index in [4.69, 9.17) is 11.6 Å². The maximum atomic E-state index is 11.2. The first-order valence-electron chi connectivity index (χ1n) is 5.93. The molecule has 0 amide bonds. The number of halogens is 1. The Balaban J connectivity index is 2.44. The van der Waals surface area contributed by atoms with Gasteiger partial charge in [0, 0.05) is 22.8 Å². The molecule has 0 fully saturated rings. The fourth-order valence-corrected chi connectivity index (χ4v) is 2.07. The fourth-order valence-electron chi connectivity index (χ4n) is 1.84. The van der Waals surface area contributed by atoms with Crippen molar-refractivity contribution in [1.29, 1.82) is 0 Å². The molecule has 0 bridgehead atoms. The van der Waals surface area contributed by atoms with Crippen LogP contribution in [0.1, 0.15) is 15.9 Å². The van der Waals surface area contributed by atoms with Gasteiger partial charge in [-0.1, -0.05) is 11.6 Å². The van der Waals surface area contributed by atoms with E-state index in [1.807, 2.05) is 6.92 Å². The monoisotopic (exact) mass is 306 g/mol. The number of aromatic carboxylic acids is 1. The summed E-state index contributed by atoms with van der Waals surface area (Å²) in [4.78, 5) is 21.3. The molecule has 2 rings (SSSR count). The summed E-state index contributed by atoms with van der Waals surface area (Å²) in [5.74, 6) is -1.24. The molecule has 0 saturated heterocycles. The van der Waals surface area contributed by atoms with Gasteiger partial charge in [0.2, 0.25) is 0 Å². The molecular weight excluding hydrogens is 296 g/mol. The number of carboxylic acids is 1. The number of hydrogen-bond donors (Lipinski definition) is 2. The standard InChI is InChI=1S/C14H11ClN2O4/c1-8-6-9(15)2-4-12(8)16-13-5-3-10(17(20)21)7-11(13)14(18)19/h2-7,16H,1H3,(H,18,19). The summed E-state index contributed by atoms with van der Waals surface area (Å²) < 4.78 is 0. The van der Waals surface area contributed by atoms with E-state index in [2.05, 4.69) is 5.32 Å². The summed E-state index contributed by atoms with van der Waals surface area (Å²) in [6, 6.07) is 8.76. The average molecular weight is 307 g/mol. The van der Waals surface area contributed by atoms with Gasteiger partial charge in [0.25, 0.3) is 5.69 Å². The highest BCUT2D eigenvalue weighted by molar-refractivity contribution is 6.30. The van der Waals surface area contributed by atoms with Gasteiger partial charge in [-0.05, 0) is 36.8 Å². The van der Waals surface area contributed by atoms with Crippen LogP contribution in [0.5, 0.6) is 0 Å². The zero-order chi connectivity index (χ0) is 15.6. The van der Waals surface area contributed by atoms with E-state index in [0.717, 1.165) is 11.6 Å². The Morgan fingerprint density at radius 3 is 2.48 bits per heavy atom. The molecule has 0 radical (unpaired) electrons. The Bertz CT molecular complexity index is 731. The maximum absolute atomic E-state index is 11.2. The molecule has 0 atom stereocenters. The van der Waals surface area contributed by atoms with Gasteiger partial charge < -0.3 is 10.4 Å². The number of rotatable bonds is 4. The Morgan fingerprint density at radius 1 is 1.24 bits per heavy atom. The van der Waals surface area contributed by atoms with Crippen LogP contribution in [-0.4, -0.2) is 16.0 Å². The molecule has 0 aliphatic rings. The molecule has 2 N–H and O–H groups in total. The van der Waals surface area contributed by atoms with Gasteiger partial charge in [-0.15, -0.1) is 0 Å². The van der Waals surface area contributed by atoms with Crippen LogP contribution < -0.4 is 5.32 Å². The second-order valence-electron chi connectivity index (χ2n) is 4.38. The molecule has 0 aliphatic carbocycles. The van der Waals surface area contributed by atoms with Crippen LogP contribution in [0.3, 0.4) is 0 Å². The lowest BCUT2D eigenvalue weighted by atomic mass is 10.1. The summed E-state index contributed by atoms with van der Waals surface area (Å²) >= 11 is 5.86. The van der Waals surface area contributed by atoms with Crippen molar-refractivity contribution in [2.45, 2.75) is 6.92 Å². The zero-order valence-electron chi connectivity index (χ0n) is 11.0. The second kappa shape index (κ2) is 5.80. The molecule has 7 heteroatoms. The number of carboxylic acid groups (broad SMARTS) is 1. The van der Waals surface area contributed by atoms with Crippen LogP contribution in [0, 0.1) is 17.0 Å². The Morgan fingerprint density at radius 2 is 1.90 bits per heavy atom. The highest BCUT2D eigenvalue weighted by Crippen LogP contribution is 2.28. The van der Waals surface area contributed by atoms with Gasteiger partial charge in [-0.3, -0.25) is 10.1 Å². The van der Waals surface area contributed by atoms with Crippen LogP contribution in [0.25, 0.3) is 0 Å². The summed E-state index contributed by atoms with van der Waals surface area (Å²) in [5.41, 5.74) is 1.34. The van der Waals surface area contributed by atoms with E-state index in [9.17, 15) is 20.0 Å². The van der Waals surface area contributed by atoms with Crippen molar-refractivity contribution >= 4 is 34.6 Å². The highest BCUT2D eigenvalue weighted by atomic mass is 35.5. The number of anilines is 2. The Labute approximate surface area is 125 Å². The van der Waals surface area contributed by atoms with Crippen molar-refractivity contribution in [3.8, 4) is 0 Å². The van der Waals surface area contributed by atoms with Gasteiger partial charge in [0.05, 0.1) is 16.2 Å². The maximum Gasteiger partial charge on any atom is 0.338 e. The van der Waals surface area contributed by atoms with Crippen LogP contribution >= 0.6 is 11.6 Å². The lowest BCUT2D eigenvalue weighted by Crippen LogP contribution is -2.04. The van der Waals surface area contributed by atoms with E-state index < -0.39 is 10.9 Å². The third-order valence-corrected chi connectivity index (χ3v) is 3.14. The number of benzene rings is 2. The smallest absolute Gasteiger partial charge is 0.338 e. The first-order chi connectivity index (χ1) is 9.88. The van der Waals surface area contributed by atoms with E-state index in [1.165, 1.54) is 12.1 Å². The molecule has 21 heavy (non-hydrogen) atoms. The molecule has 6 nitrogen and oxygen atoms in total. The molecular formula is C14H11ClN2O4. The van der Waals surface area contributed by atoms with Crippen molar-refractivity contribution in [2.75, 3.05) is 5.32 Å². The minimum Gasteiger partial charge on any atom is -0.478 e. The minimum absolute atomic E-state index is 0.168. The average Bonchev–Trinajstić information content (AvgIpc) is 2.41. The van der Waals surface area contributed by atoms with E-state index in [1.54, 1.807) is 18.2 Å². The number of aryl methyl sites for hydroxylation is 1. The predicted octanol–water partition coefficient (Wildman–Crippen LogP) is 4.00. The summed E-state index contributed by atoms with van der Waals surface area (Å²) in [6.07, 6.45) is 0. The Hall–Kier alpha value is -2.60. The van der Waals surface area contributed by atoms with Crippen molar-refractivity contribution in [2.24, 2.45) is 0 Å². The summed E-state index contributed by atoms with van der Waals surface area (Å²) in [6.45, 7) is 1.82. The Kier molecular flexibility index (Phi) is 4.09. The SMILES string of the molecule is Cc1cc(Cl)ccc1Nc1ccc([N+](=O)[O-])cc1C(=O)O. The predicted molar refractivity (Wildman–Crippen MR) is 79.5 cm³/mol. The van der Waals surface area contributed by atoms with Crippen molar-refractivity contribution in [3.05, 3.63) is 62.7 Å². The molecule has 2 aromatic carbocycles. The largest absolute Gasteiger partial charge is 0.478 e. The second-order valence-corrected chi connectivity index (χ2v) is 4.81. The van der Waals surface area contributed by atoms with Crippen LogP contribution in [0.4, 0.5) is 17.1 Å². The third kappa shape index (κ3) is 3.29. The highest BCUT2D eigenvalue weighted by Gasteiger charge is 2.16. The minimum atomic E-state index is -1.24. The van der Waals surface area contributed by atoms with Crippen LogP contribution in [0.2, 0.25) is 5.02 Å². The quantitative estimate of drug-likeness (QED) is 0.658. The lowest BCUT2D eigenvalue weighted by molar-refractivity contribution is -0.384. The first-order valence-corrected chi connectivity index (χ1v) is 6.31. The summed E-state index contributed by atoms with van der Waals surface area (Å²) in [5, 5.41) is 23.4. The number of nitrogens with zero attached hydrogens (tertiary/aromatic N) is 1. The molecule has 0 heterocycles. The number of nitro benzene ring substituents is 1. The third-order valence-electron chi connectivity index (χ3n) is 2.90. The van der Waals surface area contributed by atoms with Crippen molar-refractivity contribution < 1.29 is 14.8 Å². The molecule has 0 saturated carbocycles. The van der Waals surface area contributed by atoms with Gasteiger partial charge in [0.1, 0.15) is 0 Å². The summed E-state index contributed by atoms with van der Waals surface area (Å²) in [7, 11) is 0. The number of hydrogen-bond acceptors (Lipinski definition) is 4. The fraction of sp³-hybridized carbons (Fsp3) is 0.0714. The van der Waals surface area contributed by atoms with Crippen molar-refractivity contribution in [3.63, 3.8) is 0 Å². The van der Waals surface area contributed by atoms with Crippen LogP contribution in [0.15, 0.2) is 36.4 Å². The number of carbonyl (C=O) groups is 1. The zero-order valence-corrected chi connectivity index (χ0v) is 11.7. The topological polar surface area (TPSA) is 92.5 Å². The number of nitrogens with one attached hydrogen (secondary N) is 1. The molecule has 0 spiro atoms. The van der Waals surface area contributed by atoms with E-state index >= 15 is 0 Å². The molecule has 0 unspecified atom stereocenters. The van der Waals surface area contributed by atoms with Crippen molar-refractivity contribution in [1.82, 2.24) is 0 Å². The lowest BCUT2D eigenvalue weighted by Gasteiger charge is -2.12. The molecule has 108 valence electrons. The number of non-ortho nitro benzene ring substituents is 1. The first kappa shape index (κ1) is 14.8. The molecule has 2 aromatic rings. The van der Waals surface area contributed by atoms with E-state index in [0.29, 0.717) is 10.7 Å².